The van der Waals surface area contributed by atoms with Gasteiger partial charge in [-0.15, -0.1) is 0 Å². The van der Waals surface area contributed by atoms with Crippen LogP contribution < -0.4 is 4.74 Å². The number of rotatable bonds is 18. The molecule has 3 nitrogen and oxygen atoms in total. The lowest BCUT2D eigenvalue weighted by molar-refractivity contribution is -0.0176. The number of halogens is 2. The van der Waals surface area contributed by atoms with Crippen molar-refractivity contribution in [2.24, 2.45) is 0 Å². The predicted molar refractivity (Wildman–Crippen MR) is 177 cm³/mol. The summed E-state index contributed by atoms with van der Waals surface area (Å²) in [5.41, 5.74) is 4.70. The van der Waals surface area contributed by atoms with Crippen LogP contribution in [0.2, 0.25) is 10.0 Å². The molecule has 0 unspecified atom stereocenters. The highest BCUT2D eigenvalue weighted by atomic mass is 35.5. The van der Waals surface area contributed by atoms with E-state index in [1.807, 2.05) is 36.4 Å². The maximum absolute atomic E-state index is 6.51. The standard InChI is InChI=1S/C36H52Cl2O3/c1-9-39-35(5,6)23-11-13-27(3)15-17-29-25-31(37)19-21-33(29)41-34-22-20-32(38)26-30(34)18-16-28(4)14-12-24-36(7,8)40-10-2/h15-16,19-22,25-26H,9-14,17-18,23-24H2,1-8H3. The summed E-state index contributed by atoms with van der Waals surface area (Å²) in [6.07, 6.45) is 12.5. The van der Waals surface area contributed by atoms with E-state index < -0.39 is 0 Å². The van der Waals surface area contributed by atoms with Crippen molar-refractivity contribution in [2.45, 2.75) is 118 Å². The largest absolute Gasteiger partial charge is 0.457 e. The third kappa shape index (κ3) is 13.8. The van der Waals surface area contributed by atoms with Gasteiger partial charge in [-0.05, 0) is 143 Å². The van der Waals surface area contributed by atoms with E-state index in [2.05, 4.69) is 67.5 Å². The predicted octanol–water partition coefficient (Wildman–Crippen LogP) is 11.7. The minimum absolute atomic E-state index is 0.0759. The second-order valence-corrected chi connectivity index (χ2v) is 13.1. The molecule has 0 fully saturated rings. The van der Waals surface area contributed by atoms with E-state index in [1.54, 1.807) is 0 Å². The van der Waals surface area contributed by atoms with E-state index in [0.717, 1.165) is 87.2 Å². The third-order valence-corrected chi connectivity index (χ3v) is 7.85. The Morgan fingerprint density at radius 3 is 1.44 bits per heavy atom. The van der Waals surface area contributed by atoms with Crippen molar-refractivity contribution in [3.8, 4) is 11.5 Å². The molecule has 0 spiro atoms. The molecule has 0 aliphatic heterocycles. The van der Waals surface area contributed by atoms with Crippen LogP contribution in [0.3, 0.4) is 0 Å². The Morgan fingerprint density at radius 1 is 0.683 bits per heavy atom. The monoisotopic (exact) mass is 602 g/mol. The Kier molecular flexibility index (Phi) is 15.0. The first-order chi connectivity index (χ1) is 19.3. The Morgan fingerprint density at radius 2 is 1.07 bits per heavy atom. The van der Waals surface area contributed by atoms with Gasteiger partial charge in [0.1, 0.15) is 11.5 Å². The molecule has 0 aliphatic carbocycles. The van der Waals surface area contributed by atoms with Gasteiger partial charge in [0.05, 0.1) is 11.2 Å². The molecule has 2 rings (SSSR count). The van der Waals surface area contributed by atoms with Gasteiger partial charge in [0, 0.05) is 34.4 Å². The maximum atomic E-state index is 6.51. The number of benzene rings is 2. The van der Waals surface area contributed by atoms with E-state index in [0.29, 0.717) is 10.0 Å². The Labute approximate surface area is 260 Å². The summed E-state index contributed by atoms with van der Waals surface area (Å²) in [7, 11) is 0. The van der Waals surface area contributed by atoms with E-state index in [1.165, 1.54) is 11.1 Å². The van der Waals surface area contributed by atoms with Crippen LogP contribution in [0.15, 0.2) is 59.7 Å². The molecule has 0 amide bonds. The van der Waals surface area contributed by atoms with Gasteiger partial charge >= 0.3 is 0 Å². The van der Waals surface area contributed by atoms with E-state index in [-0.39, 0.29) is 11.2 Å². The second kappa shape index (κ2) is 17.4. The van der Waals surface area contributed by atoms with Crippen LogP contribution in [-0.4, -0.2) is 24.4 Å². The summed E-state index contributed by atoms with van der Waals surface area (Å²) in [6.45, 7) is 18.7. The molecule has 228 valence electrons. The third-order valence-electron chi connectivity index (χ3n) is 7.38. The number of allylic oxidation sites excluding steroid dienone is 4. The van der Waals surface area contributed by atoms with Crippen LogP contribution in [0.5, 0.6) is 11.5 Å². The molecule has 41 heavy (non-hydrogen) atoms. The minimum atomic E-state index is -0.0759. The van der Waals surface area contributed by atoms with E-state index in [9.17, 15) is 0 Å². The fourth-order valence-electron chi connectivity index (χ4n) is 5.02. The van der Waals surface area contributed by atoms with Crippen LogP contribution in [0, 0.1) is 0 Å². The number of hydrogen-bond donors (Lipinski definition) is 0. The van der Waals surface area contributed by atoms with E-state index >= 15 is 0 Å². The SMILES string of the molecule is CCOC(C)(C)CCCC(C)=CCc1cc(Cl)ccc1Oc1ccc(Cl)cc1CC=C(C)CCCC(C)(C)OCC. The molecular formula is C36H52Cl2O3. The van der Waals surface area contributed by atoms with Crippen molar-refractivity contribution in [3.63, 3.8) is 0 Å². The summed E-state index contributed by atoms with van der Waals surface area (Å²) in [4.78, 5) is 0. The van der Waals surface area contributed by atoms with Gasteiger partial charge in [-0.3, -0.25) is 0 Å². The van der Waals surface area contributed by atoms with Crippen molar-refractivity contribution in [1.29, 1.82) is 0 Å². The molecule has 0 saturated heterocycles. The summed E-state index contributed by atoms with van der Waals surface area (Å²) < 4.78 is 18.2. The molecule has 2 aromatic carbocycles. The topological polar surface area (TPSA) is 27.7 Å². The molecule has 0 aliphatic rings. The van der Waals surface area contributed by atoms with Crippen molar-refractivity contribution in [1.82, 2.24) is 0 Å². The van der Waals surface area contributed by atoms with Gasteiger partial charge < -0.3 is 14.2 Å². The zero-order valence-electron chi connectivity index (χ0n) is 26.7. The van der Waals surface area contributed by atoms with Crippen LogP contribution in [0.4, 0.5) is 0 Å². The lowest BCUT2D eigenvalue weighted by Gasteiger charge is -2.24. The molecule has 0 saturated carbocycles. The number of hydrogen-bond acceptors (Lipinski definition) is 3. The first-order valence-corrected chi connectivity index (χ1v) is 15.9. The molecule has 0 N–H and O–H groups in total. The van der Waals surface area contributed by atoms with Gasteiger partial charge in [0.15, 0.2) is 0 Å². The molecule has 5 heteroatoms. The van der Waals surface area contributed by atoms with Crippen molar-refractivity contribution in [2.75, 3.05) is 13.2 Å². The quantitative estimate of drug-likeness (QED) is 0.159. The zero-order valence-corrected chi connectivity index (χ0v) is 28.2. The summed E-state index contributed by atoms with van der Waals surface area (Å²) in [5.74, 6) is 1.64. The molecular weight excluding hydrogens is 551 g/mol. The smallest absolute Gasteiger partial charge is 0.131 e. The fraction of sp³-hybridized carbons (Fsp3) is 0.556. The van der Waals surface area contributed by atoms with Gasteiger partial charge in [-0.2, -0.15) is 0 Å². The van der Waals surface area contributed by atoms with Crippen molar-refractivity contribution >= 4 is 23.2 Å². The molecule has 0 aromatic heterocycles. The van der Waals surface area contributed by atoms with Crippen molar-refractivity contribution < 1.29 is 14.2 Å². The average molecular weight is 604 g/mol. The number of ether oxygens (including phenoxy) is 3. The van der Waals surface area contributed by atoms with Gasteiger partial charge in [0.2, 0.25) is 0 Å². The van der Waals surface area contributed by atoms with Gasteiger partial charge in [0.25, 0.3) is 0 Å². The maximum Gasteiger partial charge on any atom is 0.131 e. The first-order valence-electron chi connectivity index (χ1n) is 15.2. The normalized spacial score (nSPS) is 13.1. The second-order valence-electron chi connectivity index (χ2n) is 12.2. The Hall–Kier alpha value is -1.78. The van der Waals surface area contributed by atoms with Crippen LogP contribution >= 0.6 is 23.2 Å². The molecule has 0 atom stereocenters. The zero-order chi connectivity index (χ0) is 30.5. The molecule has 0 radical (unpaired) electrons. The van der Waals surface area contributed by atoms with Crippen LogP contribution in [0.25, 0.3) is 0 Å². The first kappa shape index (κ1) is 35.4. The van der Waals surface area contributed by atoms with Gasteiger partial charge in [-0.25, -0.2) is 0 Å². The lowest BCUT2D eigenvalue weighted by Crippen LogP contribution is -2.24. The highest BCUT2D eigenvalue weighted by Gasteiger charge is 2.18. The van der Waals surface area contributed by atoms with E-state index in [4.69, 9.17) is 37.4 Å². The van der Waals surface area contributed by atoms with Gasteiger partial charge in [-0.1, -0.05) is 46.5 Å². The van der Waals surface area contributed by atoms with Crippen LogP contribution in [0.1, 0.15) is 105 Å². The minimum Gasteiger partial charge on any atom is -0.457 e. The summed E-state index contributed by atoms with van der Waals surface area (Å²) >= 11 is 12.8. The summed E-state index contributed by atoms with van der Waals surface area (Å²) in [6, 6.07) is 11.7. The molecule has 0 bridgehead atoms. The van der Waals surface area contributed by atoms with Crippen molar-refractivity contribution in [3.05, 3.63) is 80.9 Å². The molecule has 0 heterocycles. The molecule has 2 aromatic rings. The van der Waals surface area contributed by atoms with Crippen LogP contribution in [-0.2, 0) is 22.3 Å². The fourth-order valence-corrected chi connectivity index (χ4v) is 5.41. The average Bonchev–Trinajstić information content (AvgIpc) is 2.88. The highest BCUT2D eigenvalue weighted by Crippen LogP contribution is 2.33. The lowest BCUT2D eigenvalue weighted by atomic mass is 9.98. The summed E-state index contributed by atoms with van der Waals surface area (Å²) in [5, 5.41) is 1.42. The Balaban J connectivity index is 2.09. The highest BCUT2D eigenvalue weighted by molar-refractivity contribution is 6.31. The Bertz CT molecular complexity index is 1060.